The van der Waals surface area contributed by atoms with Crippen molar-refractivity contribution in [2.24, 2.45) is 5.73 Å². The molecule has 3 N–H and O–H groups in total. The molecule has 1 aromatic rings. The molecular formula is C11H16N2S. The molecule has 1 aromatic carbocycles. The Balaban J connectivity index is 3.02. The highest BCUT2D eigenvalue weighted by Gasteiger charge is 2.12. The number of rotatable bonds is 2. The van der Waals surface area contributed by atoms with Gasteiger partial charge in [0.2, 0.25) is 0 Å². The van der Waals surface area contributed by atoms with Crippen molar-refractivity contribution in [2.75, 3.05) is 5.32 Å². The fourth-order valence-electron chi connectivity index (χ4n) is 1.21. The van der Waals surface area contributed by atoms with Crippen LogP contribution in [0.1, 0.15) is 26.3 Å². The van der Waals surface area contributed by atoms with Crippen molar-refractivity contribution in [2.45, 2.75) is 26.3 Å². The maximum absolute atomic E-state index is 5.62. The molecular weight excluding hydrogens is 192 g/mol. The van der Waals surface area contributed by atoms with Crippen LogP contribution in [-0.4, -0.2) is 10.5 Å². The predicted octanol–water partition coefficient (Wildman–Crippen LogP) is 2.53. The van der Waals surface area contributed by atoms with Crippen LogP contribution in [0, 0.1) is 0 Å². The molecule has 76 valence electrons. The molecule has 0 fully saturated rings. The van der Waals surface area contributed by atoms with Gasteiger partial charge in [0.25, 0.3) is 0 Å². The Kier molecular flexibility index (Phi) is 3.11. The third-order valence-electron chi connectivity index (χ3n) is 1.70. The van der Waals surface area contributed by atoms with Crippen LogP contribution in [0.2, 0.25) is 0 Å². The minimum atomic E-state index is 0.0148. The molecule has 0 radical (unpaired) electrons. The number of hydrogen-bond acceptors (Lipinski definition) is 2. The summed E-state index contributed by atoms with van der Waals surface area (Å²) in [7, 11) is 0. The highest BCUT2D eigenvalue weighted by molar-refractivity contribution is 7.80. The van der Waals surface area contributed by atoms with E-state index in [1.807, 2.05) is 24.3 Å². The molecule has 0 aliphatic carbocycles. The van der Waals surface area contributed by atoms with Crippen LogP contribution >= 0.6 is 12.2 Å². The van der Waals surface area contributed by atoms with Gasteiger partial charge in [-0.25, -0.2) is 0 Å². The maximum Gasteiger partial charge on any atom is 0.106 e. The van der Waals surface area contributed by atoms with Gasteiger partial charge in [0, 0.05) is 16.8 Å². The first-order valence-corrected chi connectivity index (χ1v) is 4.98. The van der Waals surface area contributed by atoms with Crippen LogP contribution in [0.25, 0.3) is 0 Å². The van der Waals surface area contributed by atoms with Gasteiger partial charge in [-0.1, -0.05) is 24.4 Å². The summed E-state index contributed by atoms with van der Waals surface area (Å²) in [5.74, 6) is 0. The maximum atomic E-state index is 5.62. The van der Waals surface area contributed by atoms with E-state index in [0.717, 1.165) is 11.3 Å². The Hall–Kier alpha value is -1.09. The first-order valence-electron chi connectivity index (χ1n) is 4.57. The summed E-state index contributed by atoms with van der Waals surface area (Å²) in [6.07, 6.45) is 0. The van der Waals surface area contributed by atoms with Gasteiger partial charge >= 0.3 is 0 Å². The molecule has 1 rings (SSSR count). The first-order chi connectivity index (χ1) is 6.40. The Morgan fingerprint density at radius 1 is 1.29 bits per heavy atom. The number of anilines is 1. The van der Waals surface area contributed by atoms with Gasteiger partial charge in [0.15, 0.2) is 0 Å². The average Bonchev–Trinajstić information content (AvgIpc) is 2.01. The van der Waals surface area contributed by atoms with Crippen molar-refractivity contribution in [3.63, 3.8) is 0 Å². The molecule has 0 spiro atoms. The van der Waals surface area contributed by atoms with Crippen molar-refractivity contribution in [1.82, 2.24) is 0 Å². The zero-order valence-corrected chi connectivity index (χ0v) is 9.61. The molecule has 0 aliphatic rings. The van der Waals surface area contributed by atoms with Gasteiger partial charge < -0.3 is 11.1 Å². The minimum Gasteiger partial charge on any atom is -0.389 e. The summed E-state index contributed by atoms with van der Waals surface area (Å²) < 4.78 is 0. The van der Waals surface area contributed by atoms with Gasteiger partial charge in [-0.05, 0) is 32.9 Å². The molecule has 0 atom stereocenters. The molecule has 0 bridgehead atoms. The summed E-state index contributed by atoms with van der Waals surface area (Å²) >= 11 is 4.98. The van der Waals surface area contributed by atoms with Crippen LogP contribution < -0.4 is 11.1 Å². The number of benzene rings is 1. The Bertz CT molecular complexity index is 339. The molecule has 0 heterocycles. The SMILES string of the molecule is CC(C)(C)Nc1ccccc1C(N)=S. The number of nitrogens with one attached hydrogen (secondary N) is 1. The summed E-state index contributed by atoms with van der Waals surface area (Å²) in [6, 6.07) is 7.81. The molecule has 2 nitrogen and oxygen atoms in total. The van der Waals surface area contributed by atoms with E-state index in [0.29, 0.717) is 4.99 Å². The zero-order valence-electron chi connectivity index (χ0n) is 8.79. The lowest BCUT2D eigenvalue weighted by Gasteiger charge is -2.23. The van der Waals surface area contributed by atoms with E-state index >= 15 is 0 Å². The largest absolute Gasteiger partial charge is 0.389 e. The van der Waals surface area contributed by atoms with Crippen LogP contribution in [0.5, 0.6) is 0 Å². The van der Waals surface area contributed by atoms with Crippen molar-refractivity contribution in [1.29, 1.82) is 0 Å². The lowest BCUT2D eigenvalue weighted by atomic mass is 10.1. The lowest BCUT2D eigenvalue weighted by molar-refractivity contribution is 0.634. The molecule has 0 saturated carbocycles. The second-order valence-electron chi connectivity index (χ2n) is 4.28. The average molecular weight is 208 g/mol. The molecule has 0 saturated heterocycles. The van der Waals surface area contributed by atoms with E-state index in [1.54, 1.807) is 0 Å². The summed E-state index contributed by atoms with van der Waals surface area (Å²) in [5, 5.41) is 3.36. The second kappa shape index (κ2) is 3.96. The minimum absolute atomic E-state index is 0.0148. The Morgan fingerprint density at radius 3 is 2.36 bits per heavy atom. The van der Waals surface area contributed by atoms with Gasteiger partial charge in [-0.2, -0.15) is 0 Å². The zero-order chi connectivity index (χ0) is 10.8. The molecule has 0 amide bonds. The van der Waals surface area contributed by atoms with E-state index < -0.39 is 0 Å². The molecule has 0 unspecified atom stereocenters. The van der Waals surface area contributed by atoms with Crippen molar-refractivity contribution >= 4 is 22.9 Å². The quantitative estimate of drug-likeness (QED) is 0.733. The third kappa shape index (κ3) is 3.00. The van der Waals surface area contributed by atoms with Gasteiger partial charge in [-0.3, -0.25) is 0 Å². The first kappa shape index (κ1) is 11.0. The van der Waals surface area contributed by atoms with Crippen molar-refractivity contribution in [3.8, 4) is 0 Å². The molecule has 3 heteroatoms. The van der Waals surface area contributed by atoms with Crippen LogP contribution in [0.4, 0.5) is 5.69 Å². The Morgan fingerprint density at radius 2 is 1.86 bits per heavy atom. The highest BCUT2D eigenvalue weighted by atomic mass is 32.1. The topological polar surface area (TPSA) is 38.0 Å². The predicted molar refractivity (Wildman–Crippen MR) is 65.7 cm³/mol. The number of thiocarbonyl (C=S) groups is 1. The van der Waals surface area contributed by atoms with E-state index in [4.69, 9.17) is 18.0 Å². The summed E-state index contributed by atoms with van der Waals surface area (Å²) in [4.78, 5) is 0.428. The normalized spacial score (nSPS) is 11.1. The standard InChI is InChI=1S/C11H16N2S/c1-11(2,3)13-9-7-5-4-6-8(9)10(12)14/h4-7,13H,1-3H3,(H2,12,14). The van der Waals surface area contributed by atoms with Crippen LogP contribution in [0.15, 0.2) is 24.3 Å². The van der Waals surface area contributed by atoms with E-state index in [2.05, 4.69) is 26.1 Å². The highest BCUT2D eigenvalue weighted by Crippen LogP contribution is 2.19. The van der Waals surface area contributed by atoms with Gasteiger partial charge in [-0.15, -0.1) is 0 Å². The fraction of sp³-hybridized carbons (Fsp3) is 0.364. The number of hydrogen-bond donors (Lipinski definition) is 2. The second-order valence-corrected chi connectivity index (χ2v) is 4.72. The number of nitrogens with two attached hydrogens (primary N) is 1. The van der Waals surface area contributed by atoms with E-state index in [9.17, 15) is 0 Å². The van der Waals surface area contributed by atoms with Crippen molar-refractivity contribution < 1.29 is 0 Å². The molecule has 14 heavy (non-hydrogen) atoms. The molecule has 0 aromatic heterocycles. The van der Waals surface area contributed by atoms with Crippen molar-refractivity contribution in [3.05, 3.63) is 29.8 Å². The van der Waals surface area contributed by atoms with Gasteiger partial charge in [0.1, 0.15) is 4.99 Å². The van der Waals surface area contributed by atoms with Crippen LogP contribution in [-0.2, 0) is 0 Å². The fourth-order valence-corrected chi connectivity index (χ4v) is 1.39. The van der Waals surface area contributed by atoms with Crippen LogP contribution in [0.3, 0.4) is 0 Å². The molecule has 0 aliphatic heterocycles. The summed E-state index contributed by atoms with van der Waals surface area (Å²) in [6.45, 7) is 6.30. The monoisotopic (exact) mass is 208 g/mol. The Labute approximate surface area is 90.5 Å². The lowest BCUT2D eigenvalue weighted by Crippen LogP contribution is -2.27. The summed E-state index contributed by atoms with van der Waals surface area (Å²) in [5.41, 5.74) is 7.53. The van der Waals surface area contributed by atoms with E-state index in [-0.39, 0.29) is 5.54 Å². The number of para-hydroxylation sites is 1. The van der Waals surface area contributed by atoms with E-state index in [1.165, 1.54) is 0 Å². The smallest absolute Gasteiger partial charge is 0.106 e. The van der Waals surface area contributed by atoms with Gasteiger partial charge in [0.05, 0.1) is 0 Å². The third-order valence-corrected chi connectivity index (χ3v) is 1.92.